The molecule has 0 saturated heterocycles. The summed E-state index contributed by atoms with van der Waals surface area (Å²) in [4.78, 5) is 0.0734. The normalized spacial score (nSPS) is 10.4. The summed E-state index contributed by atoms with van der Waals surface area (Å²) < 4.78 is 32.9. The van der Waals surface area contributed by atoms with E-state index < -0.39 is 11.6 Å². The van der Waals surface area contributed by atoms with E-state index in [0.717, 1.165) is 0 Å². The molecule has 0 heterocycles. The summed E-state index contributed by atoms with van der Waals surface area (Å²) in [5, 5.41) is 0. The van der Waals surface area contributed by atoms with Gasteiger partial charge in [0.1, 0.15) is 16.6 Å². The van der Waals surface area contributed by atoms with E-state index in [1.54, 1.807) is 19.1 Å². The fraction of sp³-hybridized carbons (Fsp3) is 0.0714. The highest BCUT2D eigenvalue weighted by Crippen LogP contribution is 2.33. The number of aryl methyl sites for hydroxylation is 1. The quantitative estimate of drug-likeness (QED) is 0.823. The first-order valence-corrected chi connectivity index (χ1v) is 6.82. The van der Waals surface area contributed by atoms with E-state index in [1.807, 2.05) is 0 Å². The molecule has 104 valence electrons. The van der Waals surface area contributed by atoms with Crippen LogP contribution in [0.2, 0.25) is 0 Å². The van der Waals surface area contributed by atoms with Crippen LogP contribution in [0.15, 0.2) is 34.8 Å². The molecule has 0 fully saturated rings. The van der Waals surface area contributed by atoms with E-state index in [1.165, 1.54) is 18.2 Å². The zero-order chi connectivity index (χ0) is 14.9. The topological polar surface area (TPSA) is 35.2 Å². The minimum absolute atomic E-state index is 0.0365. The Kier molecular flexibility index (Phi) is 4.35. The molecular formula is C14H10BrF2NOS. The molecule has 2 aromatic rings. The Labute approximate surface area is 128 Å². The van der Waals surface area contributed by atoms with Crippen molar-refractivity contribution in [3.8, 4) is 11.5 Å². The van der Waals surface area contributed by atoms with Crippen LogP contribution in [0.5, 0.6) is 11.5 Å². The molecule has 6 heteroatoms. The lowest BCUT2D eigenvalue weighted by atomic mass is 10.2. The summed E-state index contributed by atoms with van der Waals surface area (Å²) in [6.45, 7) is 1.74. The molecule has 0 bridgehead atoms. The third-order valence-corrected chi connectivity index (χ3v) is 3.68. The molecule has 0 amide bonds. The number of rotatable bonds is 3. The maximum Gasteiger partial charge on any atom is 0.180 e. The van der Waals surface area contributed by atoms with Crippen LogP contribution < -0.4 is 10.5 Å². The van der Waals surface area contributed by atoms with Crippen molar-refractivity contribution < 1.29 is 13.5 Å². The molecule has 0 aromatic heterocycles. The maximum atomic E-state index is 14.2. The van der Waals surface area contributed by atoms with Crippen LogP contribution in [0.25, 0.3) is 0 Å². The maximum absolute atomic E-state index is 14.2. The molecule has 0 radical (unpaired) electrons. The second kappa shape index (κ2) is 5.85. The van der Waals surface area contributed by atoms with Gasteiger partial charge in [-0.05, 0) is 46.6 Å². The average Bonchev–Trinajstić information content (AvgIpc) is 2.39. The lowest BCUT2D eigenvalue weighted by molar-refractivity contribution is 0.434. The van der Waals surface area contributed by atoms with Gasteiger partial charge in [-0.15, -0.1) is 0 Å². The zero-order valence-electron chi connectivity index (χ0n) is 10.4. The van der Waals surface area contributed by atoms with Gasteiger partial charge in [0, 0.05) is 11.6 Å². The third-order valence-electron chi connectivity index (χ3n) is 2.68. The SMILES string of the molecule is Cc1ccc(F)cc1Oc1ccc(C(N)=S)c(Br)c1F. The summed E-state index contributed by atoms with van der Waals surface area (Å²) in [5.41, 5.74) is 6.54. The first-order chi connectivity index (χ1) is 9.40. The monoisotopic (exact) mass is 357 g/mol. The smallest absolute Gasteiger partial charge is 0.180 e. The highest BCUT2D eigenvalue weighted by Gasteiger charge is 2.15. The van der Waals surface area contributed by atoms with Crippen LogP contribution in [-0.2, 0) is 0 Å². The highest BCUT2D eigenvalue weighted by molar-refractivity contribution is 9.10. The molecule has 2 nitrogen and oxygen atoms in total. The predicted octanol–water partition coefficient (Wildman–Crippen LogP) is 4.46. The van der Waals surface area contributed by atoms with E-state index in [4.69, 9.17) is 22.7 Å². The molecule has 0 saturated carbocycles. The Morgan fingerprint density at radius 3 is 2.55 bits per heavy atom. The number of hydrogen-bond donors (Lipinski definition) is 1. The summed E-state index contributed by atoms with van der Waals surface area (Å²) in [6, 6.07) is 7.01. The summed E-state index contributed by atoms with van der Waals surface area (Å²) in [7, 11) is 0. The predicted molar refractivity (Wildman–Crippen MR) is 81.2 cm³/mol. The fourth-order valence-corrected chi connectivity index (χ4v) is 2.45. The van der Waals surface area contributed by atoms with Crippen LogP contribution in [0.3, 0.4) is 0 Å². The standard InChI is InChI=1S/C14H10BrF2NOS/c1-7-2-3-8(16)6-11(7)19-10-5-4-9(14(18)20)12(15)13(10)17/h2-6H,1H3,(H2,18,20). The Hall–Kier alpha value is -1.53. The number of hydrogen-bond acceptors (Lipinski definition) is 2. The van der Waals surface area contributed by atoms with Crippen LogP contribution in [0.4, 0.5) is 8.78 Å². The molecule has 0 unspecified atom stereocenters. The average molecular weight is 358 g/mol. The molecule has 0 atom stereocenters. The van der Waals surface area contributed by atoms with Gasteiger partial charge < -0.3 is 10.5 Å². The Balaban J connectivity index is 2.42. The fourth-order valence-electron chi connectivity index (χ4n) is 1.60. The van der Waals surface area contributed by atoms with Gasteiger partial charge in [-0.2, -0.15) is 0 Å². The molecular weight excluding hydrogens is 348 g/mol. The van der Waals surface area contributed by atoms with Crippen molar-refractivity contribution in [3.05, 3.63) is 57.6 Å². The minimum Gasteiger partial charge on any atom is -0.454 e. The van der Waals surface area contributed by atoms with Gasteiger partial charge in [-0.3, -0.25) is 0 Å². The minimum atomic E-state index is -0.640. The Bertz CT molecular complexity index is 691. The van der Waals surface area contributed by atoms with Crippen molar-refractivity contribution in [2.45, 2.75) is 6.92 Å². The van der Waals surface area contributed by atoms with Crippen molar-refractivity contribution in [3.63, 3.8) is 0 Å². The number of nitrogens with two attached hydrogens (primary N) is 1. The van der Waals surface area contributed by atoms with Crippen LogP contribution in [0, 0.1) is 18.6 Å². The molecule has 0 spiro atoms. The van der Waals surface area contributed by atoms with Crippen molar-refractivity contribution >= 4 is 33.1 Å². The molecule has 0 aliphatic heterocycles. The van der Waals surface area contributed by atoms with Gasteiger partial charge in [0.2, 0.25) is 0 Å². The second-order valence-corrected chi connectivity index (χ2v) is 5.35. The van der Waals surface area contributed by atoms with Crippen molar-refractivity contribution in [2.24, 2.45) is 5.73 Å². The molecule has 0 aliphatic carbocycles. The number of thiocarbonyl (C=S) groups is 1. The van der Waals surface area contributed by atoms with Crippen LogP contribution in [0.1, 0.15) is 11.1 Å². The van der Waals surface area contributed by atoms with Crippen LogP contribution >= 0.6 is 28.1 Å². The summed E-state index contributed by atoms with van der Waals surface area (Å²) in [5.74, 6) is -0.881. The van der Waals surface area contributed by atoms with E-state index in [-0.39, 0.29) is 21.0 Å². The van der Waals surface area contributed by atoms with E-state index in [0.29, 0.717) is 11.1 Å². The largest absolute Gasteiger partial charge is 0.454 e. The van der Waals surface area contributed by atoms with Crippen molar-refractivity contribution in [1.29, 1.82) is 0 Å². The Morgan fingerprint density at radius 2 is 1.90 bits per heavy atom. The molecule has 2 rings (SSSR count). The molecule has 0 aliphatic rings. The summed E-state index contributed by atoms with van der Waals surface area (Å²) >= 11 is 7.89. The van der Waals surface area contributed by atoms with E-state index in [2.05, 4.69) is 15.9 Å². The van der Waals surface area contributed by atoms with Gasteiger partial charge in [-0.1, -0.05) is 18.3 Å². The van der Waals surface area contributed by atoms with Gasteiger partial charge in [-0.25, -0.2) is 8.78 Å². The van der Waals surface area contributed by atoms with E-state index >= 15 is 0 Å². The Morgan fingerprint density at radius 1 is 1.20 bits per heavy atom. The van der Waals surface area contributed by atoms with Crippen molar-refractivity contribution in [2.75, 3.05) is 0 Å². The number of halogens is 3. The third kappa shape index (κ3) is 2.96. The van der Waals surface area contributed by atoms with Gasteiger partial charge in [0.05, 0.1) is 4.47 Å². The first kappa shape index (κ1) is 14.9. The molecule has 20 heavy (non-hydrogen) atoms. The lowest BCUT2D eigenvalue weighted by Crippen LogP contribution is -2.11. The second-order valence-electron chi connectivity index (χ2n) is 4.12. The highest BCUT2D eigenvalue weighted by atomic mass is 79.9. The number of ether oxygens (including phenoxy) is 1. The lowest BCUT2D eigenvalue weighted by Gasteiger charge is -2.12. The van der Waals surface area contributed by atoms with Crippen LogP contribution in [-0.4, -0.2) is 4.99 Å². The summed E-state index contributed by atoms with van der Waals surface area (Å²) in [6.07, 6.45) is 0. The van der Waals surface area contributed by atoms with Gasteiger partial charge in [0.15, 0.2) is 11.6 Å². The number of benzene rings is 2. The molecule has 2 N–H and O–H groups in total. The zero-order valence-corrected chi connectivity index (χ0v) is 12.8. The molecule has 2 aromatic carbocycles. The van der Waals surface area contributed by atoms with Crippen molar-refractivity contribution in [1.82, 2.24) is 0 Å². The van der Waals surface area contributed by atoms with Gasteiger partial charge in [0.25, 0.3) is 0 Å². The van der Waals surface area contributed by atoms with Gasteiger partial charge >= 0.3 is 0 Å². The van der Waals surface area contributed by atoms with E-state index in [9.17, 15) is 8.78 Å². The first-order valence-electron chi connectivity index (χ1n) is 5.62.